The second-order valence-electron chi connectivity index (χ2n) is 4.18. The molecular weight excluding hydrogens is 312 g/mol. The van der Waals surface area contributed by atoms with Crippen molar-refractivity contribution in [3.05, 3.63) is 29.0 Å². The number of nitrogens with one attached hydrogen (secondary N) is 1. The zero-order valence-corrected chi connectivity index (χ0v) is 12.9. The van der Waals surface area contributed by atoms with E-state index < -0.39 is 18.5 Å². The lowest BCUT2D eigenvalue weighted by Crippen LogP contribution is -2.30. The third-order valence-corrected chi connectivity index (χ3v) is 2.80. The maximum Gasteiger partial charge on any atom is 0.341 e. The highest BCUT2D eigenvalue weighted by Gasteiger charge is 2.13. The molecule has 0 saturated carbocycles. The topological polar surface area (TPSA) is 94.6 Å². The van der Waals surface area contributed by atoms with E-state index in [0.717, 1.165) is 0 Å². The van der Waals surface area contributed by atoms with Crippen LogP contribution in [0, 0.1) is 0 Å². The van der Waals surface area contributed by atoms with Gasteiger partial charge in [-0.2, -0.15) is 0 Å². The minimum atomic E-state index is -0.722. The smallest absolute Gasteiger partial charge is 0.341 e. The number of halogens is 1. The van der Waals surface area contributed by atoms with Crippen LogP contribution in [0.1, 0.15) is 30.1 Å². The molecule has 120 valence electrons. The van der Waals surface area contributed by atoms with Crippen LogP contribution in [0.5, 0.6) is 0 Å². The lowest BCUT2D eigenvalue weighted by molar-refractivity contribution is -0.143. The Hall–Kier alpha value is -2.15. The Morgan fingerprint density at radius 1 is 1.32 bits per heavy atom. The fraction of sp³-hybridized carbons (Fsp3) is 0.429. The van der Waals surface area contributed by atoms with Crippen molar-refractivity contribution in [2.24, 2.45) is 0 Å². The number of amides is 1. The van der Waals surface area contributed by atoms with E-state index in [1.54, 1.807) is 6.92 Å². The summed E-state index contributed by atoms with van der Waals surface area (Å²) in [5.74, 6) is -1.49. The zero-order valence-electron chi connectivity index (χ0n) is 12.1. The SMILES string of the molecule is CCOC(=O)CCCNC(=O)COC(=O)c1cccnc1Cl. The maximum atomic E-state index is 11.7. The van der Waals surface area contributed by atoms with Crippen molar-refractivity contribution in [2.75, 3.05) is 19.8 Å². The number of nitrogens with zero attached hydrogens (tertiary/aromatic N) is 1. The summed E-state index contributed by atoms with van der Waals surface area (Å²) in [6, 6.07) is 2.99. The first-order chi connectivity index (χ1) is 10.5. The number of carbonyl (C=O) groups is 3. The van der Waals surface area contributed by atoms with Crippen molar-refractivity contribution < 1.29 is 23.9 Å². The highest BCUT2D eigenvalue weighted by molar-refractivity contribution is 6.32. The molecule has 22 heavy (non-hydrogen) atoms. The summed E-state index contributed by atoms with van der Waals surface area (Å²) < 4.78 is 9.57. The standard InChI is InChI=1S/C14H17ClN2O5/c1-2-21-12(19)6-4-7-16-11(18)9-22-14(20)10-5-3-8-17-13(10)15/h3,5,8H,2,4,6-7,9H2,1H3,(H,16,18). The van der Waals surface area contributed by atoms with Crippen LogP contribution in [0.15, 0.2) is 18.3 Å². The summed E-state index contributed by atoms with van der Waals surface area (Å²) in [7, 11) is 0. The molecule has 0 fully saturated rings. The largest absolute Gasteiger partial charge is 0.466 e. The van der Waals surface area contributed by atoms with Gasteiger partial charge >= 0.3 is 11.9 Å². The molecule has 8 heteroatoms. The van der Waals surface area contributed by atoms with Crippen LogP contribution in [-0.4, -0.2) is 42.6 Å². The molecular formula is C14H17ClN2O5. The van der Waals surface area contributed by atoms with Crippen molar-refractivity contribution in [1.82, 2.24) is 10.3 Å². The van der Waals surface area contributed by atoms with E-state index in [0.29, 0.717) is 19.6 Å². The Kier molecular flexibility index (Phi) is 7.91. The molecule has 0 aliphatic carbocycles. The van der Waals surface area contributed by atoms with Gasteiger partial charge in [-0.15, -0.1) is 0 Å². The Morgan fingerprint density at radius 2 is 2.09 bits per heavy atom. The second-order valence-corrected chi connectivity index (χ2v) is 4.53. The molecule has 1 aromatic heterocycles. The monoisotopic (exact) mass is 328 g/mol. The molecule has 0 bridgehead atoms. The van der Waals surface area contributed by atoms with Crippen molar-refractivity contribution in [3.8, 4) is 0 Å². The summed E-state index contributed by atoms with van der Waals surface area (Å²) >= 11 is 5.74. The number of pyridine rings is 1. The van der Waals surface area contributed by atoms with Gasteiger partial charge in [0.05, 0.1) is 12.2 Å². The number of esters is 2. The normalized spacial score (nSPS) is 9.91. The van der Waals surface area contributed by atoms with E-state index in [1.165, 1.54) is 18.3 Å². The third-order valence-electron chi connectivity index (χ3n) is 2.50. The van der Waals surface area contributed by atoms with Crippen LogP contribution in [0.25, 0.3) is 0 Å². The van der Waals surface area contributed by atoms with E-state index in [2.05, 4.69) is 10.3 Å². The number of ether oxygens (including phenoxy) is 2. The molecule has 0 aliphatic rings. The molecule has 7 nitrogen and oxygen atoms in total. The van der Waals surface area contributed by atoms with Crippen molar-refractivity contribution >= 4 is 29.4 Å². The van der Waals surface area contributed by atoms with Gasteiger partial charge in [-0.25, -0.2) is 9.78 Å². The molecule has 1 aromatic rings. The molecule has 0 atom stereocenters. The fourth-order valence-corrected chi connectivity index (χ4v) is 1.69. The van der Waals surface area contributed by atoms with Crippen LogP contribution in [0.4, 0.5) is 0 Å². The molecule has 1 N–H and O–H groups in total. The molecule has 0 spiro atoms. The predicted octanol–water partition coefficient (Wildman–Crippen LogP) is 1.35. The van der Waals surface area contributed by atoms with Gasteiger partial charge in [0.15, 0.2) is 6.61 Å². The Balaban J connectivity index is 2.22. The molecule has 0 aromatic carbocycles. The van der Waals surface area contributed by atoms with Gasteiger partial charge in [0, 0.05) is 19.2 Å². The molecule has 0 unspecified atom stereocenters. The predicted molar refractivity (Wildman–Crippen MR) is 78.4 cm³/mol. The van der Waals surface area contributed by atoms with Crippen molar-refractivity contribution in [1.29, 1.82) is 0 Å². The number of hydrogen-bond donors (Lipinski definition) is 1. The zero-order chi connectivity index (χ0) is 16.4. The molecule has 0 saturated heterocycles. The van der Waals surface area contributed by atoms with Gasteiger partial charge in [0.2, 0.25) is 0 Å². The van der Waals surface area contributed by atoms with Crippen LogP contribution in [-0.2, 0) is 19.1 Å². The van der Waals surface area contributed by atoms with Crippen LogP contribution in [0.2, 0.25) is 5.15 Å². The highest BCUT2D eigenvalue weighted by Crippen LogP contribution is 2.12. The molecule has 1 amide bonds. The average molecular weight is 329 g/mol. The second kappa shape index (κ2) is 9.73. The minimum absolute atomic E-state index is 0.0161. The minimum Gasteiger partial charge on any atom is -0.466 e. The lowest BCUT2D eigenvalue weighted by atomic mass is 10.3. The van der Waals surface area contributed by atoms with E-state index in [4.69, 9.17) is 21.1 Å². The summed E-state index contributed by atoms with van der Waals surface area (Å²) in [6.07, 6.45) is 2.11. The maximum absolute atomic E-state index is 11.7. The first-order valence-corrected chi connectivity index (χ1v) is 7.12. The quantitative estimate of drug-likeness (QED) is 0.440. The number of hydrogen-bond acceptors (Lipinski definition) is 6. The van der Waals surface area contributed by atoms with Gasteiger partial charge in [0.25, 0.3) is 5.91 Å². The van der Waals surface area contributed by atoms with E-state index >= 15 is 0 Å². The molecule has 1 heterocycles. The van der Waals surface area contributed by atoms with E-state index in [1.807, 2.05) is 0 Å². The molecule has 0 radical (unpaired) electrons. The Morgan fingerprint density at radius 3 is 2.77 bits per heavy atom. The first kappa shape index (κ1) is 17.9. The number of aromatic nitrogens is 1. The number of rotatable bonds is 8. The Bertz CT molecular complexity index is 536. The molecule has 0 aliphatic heterocycles. The van der Waals surface area contributed by atoms with Crippen LogP contribution in [0.3, 0.4) is 0 Å². The fourth-order valence-electron chi connectivity index (χ4n) is 1.49. The van der Waals surface area contributed by atoms with Gasteiger partial charge in [-0.05, 0) is 25.5 Å². The van der Waals surface area contributed by atoms with Gasteiger partial charge in [-0.3, -0.25) is 9.59 Å². The van der Waals surface area contributed by atoms with Gasteiger partial charge in [-0.1, -0.05) is 11.6 Å². The van der Waals surface area contributed by atoms with Gasteiger partial charge in [0.1, 0.15) is 5.15 Å². The average Bonchev–Trinajstić information content (AvgIpc) is 2.50. The van der Waals surface area contributed by atoms with Crippen LogP contribution >= 0.6 is 11.6 Å². The summed E-state index contributed by atoms with van der Waals surface area (Å²) in [6.45, 7) is 1.92. The van der Waals surface area contributed by atoms with Gasteiger partial charge < -0.3 is 14.8 Å². The highest BCUT2D eigenvalue weighted by atomic mass is 35.5. The van der Waals surface area contributed by atoms with E-state index in [-0.39, 0.29) is 23.1 Å². The summed E-state index contributed by atoms with van der Waals surface area (Å²) in [5.41, 5.74) is 0.0966. The first-order valence-electron chi connectivity index (χ1n) is 6.74. The van der Waals surface area contributed by atoms with E-state index in [9.17, 15) is 14.4 Å². The Labute approximate surface area is 133 Å². The van der Waals surface area contributed by atoms with Crippen LogP contribution < -0.4 is 5.32 Å². The number of carbonyl (C=O) groups excluding carboxylic acids is 3. The van der Waals surface area contributed by atoms with Crippen molar-refractivity contribution in [3.63, 3.8) is 0 Å². The third kappa shape index (κ3) is 6.53. The lowest BCUT2D eigenvalue weighted by Gasteiger charge is -2.07. The van der Waals surface area contributed by atoms with Crippen molar-refractivity contribution in [2.45, 2.75) is 19.8 Å². The molecule has 1 rings (SSSR count). The summed E-state index contributed by atoms with van der Waals surface area (Å²) in [5, 5.41) is 2.55. The summed E-state index contributed by atoms with van der Waals surface area (Å²) in [4.78, 5) is 38.0.